The van der Waals surface area contributed by atoms with Crippen LogP contribution in [0.15, 0.2) is 36.5 Å². The van der Waals surface area contributed by atoms with E-state index in [0.29, 0.717) is 18.4 Å². The van der Waals surface area contributed by atoms with E-state index in [4.69, 9.17) is 4.74 Å². The number of esters is 1. The number of amides is 1. The number of methoxy groups -OCH3 is 1. The molecule has 1 aliphatic carbocycles. The molecule has 130 valence electrons. The lowest BCUT2D eigenvalue weighted by atomic mass is 9.83. The van der Waals surface area contributed by atoms with Crippen molar-refractivity contribution in [1.82, 2.24) is 10.3 Å². The molecule has 0 spiro atoms. The summed E-state index contributed by atoms with van der Waals surface area (Å²) in [6.45, 7) is 0. The second kappa shape index (κ2) is 7.42. The molecule has 1 amide bonds. The Hall–Kier alpha value is -2.76. The highest BCUT2D eigenvalue weighted by molar-refractivity contribution is 5.99. The minimum Gasteiger partial charge on any atom is -0.467 e. The topological polar surface area (TPSA) is 85.4 Å². The molecule has 0 radical (unpaired) electrons. The van der Waals surface area contributed by atoms with E-state index in [9.17, 15) is 14.4 Å². The van der Waals surface area contributed by atoms with Crippen LogP contribution in [0.5, 0.6) is 0 Å². The summed E-state index contributed by atoms with van der Waals surface area (Å²) in [6.07, 6.45) is 3.74. The van der Waals surface area contributed by atoms with Gasteiger partial charge in [0.25, 0.3) is 5.91 Å². The van der Waals surface area contributed by atoms with Gasteiger partial charge in [-0.05, 0) is 30.9 Å². The Balaban J connectivity index is 1.81. The number of fused-ring (bicyclic) bond motifs is 1. The number of Topliss-reactive ketones (excluding diaryl/α,β-unsaturated/α-hetero) is 1. The van der Waals surface area contributed by atoms with E-state index in [1.807, 2.05) is 24.3 Å². The van der Waals surface area contributed by atoms with Gasteiger partial charge in [0.15, 0.2) is 0 Å². The molecule has 1 aromatic heterocycles. The van der Waals surface area contributed by atoms with Gasteiger partial charge in [-0.25, -0.2) is 4.79 Å². The third-order valence-corrected chi connectivity index (χ3v) is 4.59. The summed E-state index contributed by atoms with van der Waals surface area (Å²) in [5.74, 6) is -1.04. The van der Waals surface area contributed by atoms with Crippen LogP contribution in [0.4, 0.5) is 0 Å². The van der Waals surface area contributed by atoms with E-state index in [-0.39, 0.29) is 18.1 Å². The lowest BCUT2D eigenvalue weighted by Gasteiger charge is -2.28. The molecule has 3 rings (SSSR count). The number of benzene rings is 1. The minimum atomic E-state index is -0.826. The summed E-state index contributed by atoms with van der Waals surface area (Å²) in [4.78, 5) is 40.7. The van der Waals surface area contributed by atoms with Gasteiger partial charge in [0.05, 0.1) is 18.2 Å². The molecule has 1 N–H and O–H groups in total. The third kappa shape index (κ3) is 3.84. The molecule has 2 aromatic rings. The Bertz CT molecular complexity index is 818. The van der Waals surface area contributed by atoms with Gasteiger partial charge < -0.3 is 10.1 Å². The van der Waals surface area contributed by atoms with Gasteiger partial charge in [0, 0.05) is 24.4 Å². The average Bonchev–Trinajstić information content (AvgIpc) is 2.64. The van der Waals surface area contributed by atoms with Crippen LogP contribution in [0, 0.1) is 5.92 Å². The molecule has 6 heteroatoms. The van der Waals surface area contributed by atoms with Gasteiger partial charge in [-0.1, -0.05) is 18.2 Å². The first-order valence-electron chi connectivity index (χ1n) is 8.33. The number of ether oxygens (including phenoxy) is 1. The number of ketones is 1. The zero-order valence-corrected chi connectivity index (χ0v) is 14.0. The zero-order chi connectivity index (χ0) is 17.8. The quantitative estimate of drug-likeness (QED) is 0.863. The fraction of sp³-hybridized carbons (Fsp3) is 0.368. The Labute approximate surface area is 145 Å². The van der Waals surface area contributed by atoms with Gasteiger partial charge in [0.1, 0.15) is 11.8 Å². The standard InChI is InChI=1S/C19H20N2O4/c1-25-19(24)17(13-6-4-7-15(22)10-13)21-18(23)14-9-12-5-2-3-8-16(12)20-11-14/h2-3,5,8-9,11,13,17H,4,6-7,10H2,1H3,(H,21,23)/t13-,17+/m1/s1. The fourth-order valence-corrected chi connectivity index (χ4v) is 3.26. The van der Waals surface area contributed by atoms with Gasteiger partial charge in [0.2, 0.25) is 0 Å². The second-order valence-corrected chi connectivity index (χ2v) is 6.29. The van der Waals surface area contributed by atoms with Gasteiger partial charge in [-0.15, -0.1) is 0 Å². The maximum atomic E-state index is 12.6. The highest BCUT2D eigenvalue weighted by Gasteiger charge is 2.34. The molecular formula is C19H20N2O4. The van der Waals surface area contributed by atoms with E-state index in [1.54, 1.807) is 6.07 Å². The molecule has 1 aliphatic rings. The van der Waals surface area contributed by atoms with Crippen molar-refractivity contribution in [3.63, 3.8) is 0 Å². The fourth-order valence-electron chi connectivity index (χ4n) is 3.26. The summed E-state index contributed by atoms with van der Waals surface area (Å²) in [5, 5.41) is 3.58. The van der Waals surface area contributed by atoms with Crippen LogP contribution < -0.4 is 5.32 Å². The number of nitrogens with one attached hydrogen (secondary N) is 1. The predicted molar refractivity (Wildman–Crippen MR) is 92.0 cm³/mol. The Kier molecular flexibility index (Phi) is 5.07. The van der Waals surface area contributed by atoms with Crippen molar-refractivity contribution in [3.8, 4) is 0 Å². The maximum absolute atomic E-state index is 12.6. The van der Waals surface area contributed by atoms with Crippen molar-refractivity contribution < 1.29 is 19.1 Å². The Morgan fingerprint density at radius 1 is 1.32 bits per heavy atom. The van der Waals surface area contributed by atoms with Crippen molar-refractivity contribution in [3.05, 3.63) is 42.1 Å². The lowest BCUT2D eigenvalue weighted by molar-refractivity contribution is -0.145. The lowest BCUT2D eigenvalue weighted by Crippen LogP contribution is -2.48. The van der Waals surface area contributed by atoms with Crippen LogP contribution >= 0.6 is 0 Å². The maximum Gasteiger partial charge on any atom is 0.328 e. The molecule has 0 aliphatic heterocycles. The summed E-state index contributed by atoms with van der Waals surface area (Å²) >= 11 is 0. The molecule has 1 aromatic carbocycles. The first-order chi connectivity index (χ1) is 12.1. The largest absolute Gasteiger partial charge is 0.467 e. The Morgan fingerprint density at radius 2 is 2.12 bits per heavy atom. The third-order valence-electron chi connectivity index (χ3n) is 4.59. The summed E-state index contributed by atoms with van der Waals surface area (Å²) in [7, 11) is 1.28. The van der Waals surface area contributed by atoms with Crippen LogP contribution in [0.2, 0.25) is 0 Å². The highest BCUT2D eigenvalue weighted by atomic mass is 16.5. The number of rotatable bonds is 4. The predicted octanol–water partition coefficient (Wildman–Crippen LogP) is 2.27. The van der Waals surface area contributed by atoms with Gasteiger partial charge in [-0.3, -0.25) is 14.6 Å². The monoisotopic (exact) mass is 340 g/mol. The van der Waals surface area contributed by atoms with Crippen molar-refractivity contribution in [2.45, 2.75) is 31.7 Å². The minimum absolute atomic E-state index is 0.117. The van der Waals surface area contributed by atoms with Crippen molar-refractivity contribution in [2.75, 3.05) is 7.11 Å². The van der Waals surface area contributed by atoms with E-state index in [2.05, 4.69) is 10.3 Å². The average molecular weight is 340 g/mol. The number of carbonyl (C=O) groups is 3. The molecule has 25 heavy (non-hydrogen) atoms. The van der Waals surface area contributed by atoms with E-state index in [1.165, 1.54) is 13.3 Å². The molecular weight excluding hydrogens is 320 g/mol. The molecule has 1 heterocycles. The molecule has 2 atom stereocenters. The number of hydrogen-bond acceptors (Lipinski definition) is 5. The first kappa shape index (κ1) is 17.1. The second-order valence-electron chi connectivity index (χ2n) is 6.29. The van der Waals surface area contributed by atoms with Crippen molar-refractivity contribution in [1.29, 1.82) is 0 Å². The molecule has 1 fully saturated rings. The van der Waals surface area contributed by atoms with Crippen LogP contribution in [-0.2, 0) is 14.3 Å². The van der Waals surface area contributed by atoms with E-state index < -0.39 is 17.9 Å². The molecule has 6 nitrogen and oxygen atoms in total. The first-order valence-corrected chi connectivity index (χ1v) is 8.33. The molecule has 1 saturated carbocycles. The SMILES string of the molecule is COC(=O)[C@@H](NC(=O)c1cnc2ccccc2c1)[C@@H]1CCCC(=O)C1. The molecule has 0 unspecified atom stereocenters. The van der Waals surface area contributed by atoms with Gasteiger partial charge >= 0.3 is 5.97 Å². The number of hydrogen-bond donors (Lipinski definition) is 1. The summed E-state index contributed by atoms with van der Waals surface area (Å²) in [5.41, 5.74) is 1.16. The van der Waals surface area contributed by atoms with Crippen molar-refractivity contribution >= 4 is 28.6 Å². The normalized spacial score (nSPS) is 18.6. The summed E-state index contributed by atoms with van der Waals surface area (Å²) in [6, 6.07) is 8.39. The van der Waals surface area contributed by atoms with E-state index >= 15 is 0 Å². The van der Waals surface area contributed by atoms with Crippen LogP contribution in [-0.4, -0.2) is 35.8 Å². The van der Waals surface area contributed by atoms with Crippen LogP contribution in [0.3, 0.4) is 0 Å². The number of nitrogens with zero attached hydrogens (tertiary/aromatic N) is 1. The number of carbonyl (C=O) groups excluding carboxylic acids is 3. The van der Waals surface area contributed by atoms with Crippen LogP contribution in [0.1, 0.15) is 36.0 Å². The highest BCUT2D eigenvalue weighted by Crippen LogP contribution is 2.25. The smallest absolute Gasteiger partial charge is 0.328 e. The number of pyridine rings is 1. The van der Waals surface area contributed by atoms with Crippen molar-refractivity contribution in [2.24, 2.45) is 5.92 Å². The zero-order valence-electron chi connectivity index (χ0n) is 14.0. The number of para-hydroxylation sites is 1. The Morgan fingerprint density at radius 3 is 2.88 bits per heavy atom. The summed E-state index contributed by atoms with van der Waals surface area (Å²) < 4.78 is 4.83. The number of aromatic nitrogens is 1. The van der Waals surface area contributed by atoms with Gasteiger partial charge in [-0.2, -0.15) is 0 Å². The molecule has 0 saturated heterocycles. The molecule has 0 bridgehead atoms. The van der Waals surface area contributed by atoms with E-state index in [0.717, 1.165) is 17.3 Å². The van der Waals surface area contributed by atoms with Crippen LogP contribution in [0.25, 0.3) is 10.9 Å².